The molecule has 1 rings (SSSR count). The number of carboxylic acids is 1. The van der Waals surface area contributed by atoms with Gasteiger partial charge in [-0.25, -0.2) is 4.79 Å². The molecule has 4 nitrogen and oxygen atoms in total. The zero-order valence-electron chi connectivity index (χ0n) is 13.3. The molecule has 0 fully saturated rings. The Labute approximate surface area is 127 Å². The van der Waals surface area contributed by atoms with Gasteiger partial charge in [-0.2, -0.15) is 0 Å². The van der Waals surface area contributed by atoms with Crippen LogP contribution in [0.1, 0.15) is 31.4 Å². The summed E-state index contributed by atoms with van der Waals surface area (Å²) in [7, 11) is 3.69. The van der Waals surface area contributed by atoms with Gasteiger partial charge in [-0.1, -0.05) is 26.3 Å². The van der Waals surface area contributed by atoms with Crippen molar-refractivity contribution in [1.29, 1.82) is 0 Å². The van der Waals surface area contributed by atoms with Gasteiger partial charge in [0.15, 0.2) is 0 Å². The second-order valence-electron chi connectivity index (χ2n) is 5.46. The third kappa shape index (κ3) is 6.00. The third-order valence-corrected chi connectivity index (χ3v) is 3.47. The first-order chi connectivity index (χ1) is 9.96. The van der Waals surface area contributed by atoms with E-state index in [1.165, 1.54) is 6.42 Å². The first-order valence-corrected chi connectivity index (χ1v) is 7.22. The number of rotatable bonds is 8. The number of carbonyl (C=O) groups is 1. The molecule has 1 N–H and O–H groups in total. The predicted octanol–water partition coefficient (Wildman–Crippen LogP) is 3.27. The fraction of sp³-hybridized carbons (Fsp3) is 0.471. The first kappa shape index (κ1) is 17.2. The van der Waals surface area contributed by atoms with Crippen LogP contribution < -0.4 is 4.74 Å². The molecule has 0 radical (unpaired) electrons. The summed E-state index contributed by atoms with van der Waals surface area (Å²) in [4.78, 5) is 12.9. The van der Waals surface area contributed by atoms with Crippen molar-refractivity contribution >= 4 is 12.0 Å². The second kappa shape index (κ2) is 8.47. The number of hydrogen-bond donors (Lipinski definition) is 1. The molecule has 1 unspecified atom stereocenters. The Bertz CT molecular complexity index is 497. The first-order valence-electron chi connectivity index (χ1n) is 7.22. The second-order valence-corrected chi connectivity index (χ2v) is 5.46. The Kier molecular flexibility index (Phi) is 6.96. The zero-order valence-corrected chi connectivity index (χ0v) is 13.3. The molecule has 116 valence electrons. The normalized spacial score (nSPS) is 12.8. The van der Waals surface area contributed by atoms with Gasteiger partial charge in [-0.15, -0.1) is 0 Å². The highest BCUT2D eigenvalue weighted by molar-refractivity contribution is 5.85. The highest BCUT2D eigenvalue weighted by Crippen LogP contribution is 2.22. The molecule has 0 amide bonds. The monoisotopic (exact) mass is 291 g/mol. The minimum absolute atomic E-state index is 0.666. The van der Waals surface area contributed by atoms with Crippen LogP contribution in [-0.4, -0.2) is 36.7 Å². The van der Waals surface area contributed by atoms with E-state index in [9.17, 15) is 4.79 Å². The van der Waals surface area contributed by atoms with Crippen LogP contribution in [0.4, 0.5) is 0 Å². The number of benzene rings is 1. The Balaban J connectivity index is 2.84. The fourth-order valence-electron chi connectivity index (χ4n) is 2.21. The van der Waals surface area contributed by atoms with E-state index >= 15 is 0 Å². The molecule has 0 aliphatic heterocycles. The highest BCUT2D eigenvalue weighted by atomic mass is 16.5. The number of carboxylic acid groups (broad SMARTS) is 1. The van der Waals surface area contributed by atoms with E-state index in [2.05, 4.69) is 25.8 Å². The van der Waals surface area contributed by atoms with Gasteiger partial charge in [0.2, 0.25) is 0 Å². The lowest BCUT2D eigenvalue weighted by molar-refractivity contribution is -0.131. The molecule has 0 aromatic heterocycles. The van der Waals surface area contributed by atoms with Gasteiger partial charge in [-0.05, 0) is 36.7 Å². The lowest BCUT2D eigenvalue weighted by atomic mass is 10.1. The Hall–Kier alpha value is -1.81. The number of aliphatic carboxylic acids is 1. The SMILES string of the molecule is CCC(C)CN(C)Cc1ccc(OC)c(C=CC(=O)O)c1. The van der Waals surface area contributed by atoms with Gasteiger partial charge in [0, 0.05) is 24.7 Å². The van der Waals surface area contributed by atoms with Crippen LogP contribution in [0, 0.1) is 5.92 Å². The maximum Gasteiger partial charge on any atom is 0.328 e. The van der Waals surface area contributed by atoms with Crippen LogP contribution in [0.15, 0.2) is 24.3 Å². The van der Waals surface area contributed by atoms with E-state index in [1.54, 1.807) is 13.2 Å². The summed E-state index contributed by atoms with van der Waals surface area (Å²) in [6.07, 6.45) is 3.86. The molecule has 1 atom stereocenters. The Morgan fingerprint density at radius 2 is 2.19 bits per heavy atom. The molecule has 4 heteroatoms. The summed E-state index contributed by atoms with van der Waals surface area (Å²) >= 11 is 0. The molecule has 0 saturated carbocycles. The van der Waals surface area contributed by atoms with Crippen LogP contribution in [0.3, 0.4) is 0 Å². The van der Waals surface area contributed by atoms with E-state index in [1.807, 2.05) is 18.2 Å². The molecule has 21 heavy (non-hydrogen) atoms. The van der Waals surface area contributed by atoms with Gasteiger partial charge in [-0.3, -0.25) is 0 Å². The largest absolute Gasteiger partial charge is 0.496 e. The van der Waals surface area contributed by atoms with E-state index in [0.717, 1.165) is 30.3 Å². The van der Waals surface area contributed by atoms with E-state index < -0.39 is 5.97 Å². The number of ether oxygens (including phenoxy) is 1. The highest BCUT2D eigenvalue weighted by Gasteiger charge is 2.07. The third-order valence-electron chi connectivity index (χ3n) is 3.47. The lowest BCUT2D eigenvalue weighted by Gasteiger charge is -2.21. The number of nitrogens with zero attached hydrogens (tertiary/aromatic N) is 1. The standard InChI is InChI=1S/C17H25NO3/c1-5-13(2)11-18(3)12-14-6-8-16(21-4)15(10-14)7-9-17(19)20/h6-10,13H,5,11-12H2,1-4H3,(H,19,20). The van der Waals surface area contributed by atoms with E-state index in [-0.39, 0.29) is 0 Å². The average Bonchev–Trinajstić information content (AvgIpc) is 2.44. The molecular formula is C17H25NO3. The topological polar surface area (TPSA) is 49.8 Å². The predicted molar refractivity (Wildman–Crippen MR) is 85.5 cm³/mol. The summed E-state index contributed by atoms with van der Waals surface area (Å²) in [5.74, 6) is 0.386. The minimum atomic E-state index is -0.962. The number of hydrogen-bond acceptors (Lipinski definition) is 3. The maximum absolute atomic E-state index is 10.7. The van der Waals surface area contributed by atoms with Crippen molar-refractivity contribution in [2.45, 2.75) is 26.8 Å². The summed E-state index contributed by atoms with van der Waals surface area (Å²) < 4.78 is 5.26. The quantitative estimate of drug-likeness (QED) is 0.747. The molecule has 0 saturated heterocycles. The van der Waals surface area contributed by atoms with E-state index in [0.29, 0.717) is 11.7 Å². The van der Waals surface area contributed by atoms with Gasteiger partial charge in [0.05, 0.1) is 7.11 Å². The molecule has 0 spiro atoms. The molecule has 1 aromatic carbocycles. The molecule has 0 bridgehead atoms. The summed E-state index contributed by atoms with van der Waals surface area (Å²) in [5.41, 5.74) is 1.93. The van der Waals surface area contributed by atoms with Crippen LogP contribution in [0.25, 0.3) is 6.08 Å². The zero-order chi connectivity index (χ0) is 15.8. The van der Waals surface area contributed by atoms with Crippen LogP contribution in [0.5, 0.6) is 5.75 Å². The van der Waals surface area contributed by atoms with Gasteiger partial charge >= 0.3 is 5.97 Å². The van der Waals surface area contributed by atoms with Gasteiger partial charge < -0.3 is 14.7 Å². The molecule has 0 aliphatic rings. The minimum Gasteiger partial charge on any atom is -0.496 e. The molecule has 0 heterocycles. The number of methoxy groups -OCH3 is 1. The summed E-state index contributed by atoms with van der Waals surface area (Å²) in [6.45, 7) is 6.32. The van der Waals surface area contributed by atoms with Crippen molar-refractivity contribution in [3.05, 3.63) is 35.4 Å². The molecule has 0 aliphatic carbocycles. The van der Waals surface area contributed by atoms with Crippen molar-refractivity contribution in [3.63, 3.8) is 0 Å². The van der Waals surface area contributed by atoms with Gasteiger partial charge in [0.25, 0.3) is 0 Å². The molecule has 1 aromatic rings. The average molecular weight is 291 g/mol. The van der Waals surface area contributed by atoms with Gasteiger partial charge in [0.1, 0.15) is 5.75 Å². The van der Waals surface area contributed by atoms with Crippen LogP contribution in [0.2, 0.25) is 0 Å². The van der Waals surface area contributed by atoms with Crippen molar-refractivity contribution < 1.29 is 14.6 Å². The maximum atomic E-state index is 10.7. The van der Waals surface area contributed by atoms with Crippen molar-refractivity contribution in [1.82, 2.24) is 4.90 Å². The lowest BCUT2D eigenvalue weighted by Crippen LogP contribution is -2.23. The summed E-state index contributed by atoms with van der Waals surface area (Å²) in [5, 5.41) is 8.74. The van der Waals surface area contributed by atoms with Crippen molar-refractivity contribution in [2.24, 2.45) is 5.92 Å². The smallest absolute Gasteiger partial charge is 0.328 e. The fourth-order valence-corrected chi connectivity index (χ4v) is 2.21. The van der Waals surface area contributed by atoms with Crippen molar-refractivity contribution in [2.75, 3.05) is 20.7 Å². The van der Waals surface area contributed by atoms with Crippen LogP contribution >= 0.6 is 0 Å². The Morgan fingerprint density at radius 1 is 1.48 bits per heavy atom. The van der Waals surface area contributed by atoms with E-state index in [4.69, 9.17) is 9.84 Å². The van der Waals surface area contributed by atoms with Crippen LogP contribution in [-0.2, 0) is 11.3 Å². The van der Waals surface area contributed by atoms with Crippen molar-refractivity contribution in [3.8, 4) is 5.75 Å². The Morgan fingerprint density at radius 3 is 2.76 bits per heavy atom. The summed E-state index contributed by atoms with van der Waals surface area (Å²) in [6, 6.07) is 5.88. The molecular weight excluding hydrogens is 266 g/mol.